The Bertz CT molecular complexity index is 532. The Labute approximate surface area is 103 Å². The van der Waals surface area contributed by atoms with Crippen molar-refractivity contribution in [3.8, 4) is 0 Å². The molecular formula is C10H13N5O3. The van der Waals surface area contributed by atoms with Crippen LogP contribution >= 0.6 is 0 Å². The average molecular weight is 251 g/mol. The second-order valence-electron chi connectivity index (χ2n) is 4.28. The molecule has 0 radical (unpaired) electrons. The fourth-order valence-corrected chi connectivity index (χ4v) is 1.61. The Morgan fingerprint density at radius 1 is 1.56 bits per heavy atom. The molecule has 0 spiro atoms. The highest BCUT2D eigenvalue weighted by molar-refractivity contribution is 5.86. The van der Waals surface area contributed by atoms with E-state index in [1.165, 1.54) is 11.0 Å². The van der Waals surface area contributed by atoms with Crippen LogP contribution in [0, 0.1) is 5.92 Å². The summed E-state index contributed by atoms with van der Waals surface area (Å²) in [6.45, 7) is 4.22. The summed E-state index contributed by atoms with van der Waals surface area (Å²) in [6, 6.07) is 0. The highest BCUT2D eigenvalue weighted by Crippen LogP contribution is 2.13. The molecule has 96 valence electrons. The van der Waals surface area contributed by atoms with Gasteiger partial charge in [0.15, 0.2) is 12.0 Å². The van der Waals surface area contributed by atoms with Crippen molar-refractivity contribution in [2.24, 2.45) is 5.92 Å². The first-order valence-electron chi connectivity index (χ1n) is 5.49. The Kier molecular flexibility index (Phi) is 3.35. The van der Waals surface area contributed by atoms with E-state index in [9.17, 15) is 4.79 Å². The first-order valence-corrected chi connectivity index (χ1v) is 5.49. The summed E-state index contributed by atoms with van der Waals surface area (Å²) >= 11 is 0. The summed E-state index contributed by atoms with van der Waals surface area (Å²) in [5.74, 6) is -0.424. The van der Waals surface area contributed by atoms with Gasteiger partial charge in [0.25, 0.3) is 0 Å². The summed E-state index contributed by atoms with van der Waals surface area (Å²) in [7, 11) is 0. The first kappa shape index (κ1) is 12.2. The lowest BCUT2D eigenvalue weighted by atomic mass is 10.1. The van der Waals surface area contributed by atoms with Gasteiger partial charge in [-0.15, -0.1) is 5.10 Å². The van der Waals surface area contributed by atoms with Gasteiger partial charge in [0.05, 0.1) is 5.69 Å². The molecule has 0 amide bonds. The Morgan fingerprint density at radius 2 is 2.33 bits per heavy atom. The van der Waals surface area contributed by atoms with Gasteiger partial charge >= 0.3 is 5.97 Å². The Hall–Kier alpha value is -2.25. The zero-order chi connectivity index (χ0) is 13.1. The van der Waals surface area contributed by atoms with E-state index in [-0.39, 0.29) is 12.2 Å². The van der Waals surface area contributed by atoms with Gasteiger partial charge in [-0.1, -0.05) is 24.2 Å². The molecular weight excluding hydrogens is 238 g/mol. The van der Waals surface area contributed by atoms with Gasteiger partial charge in [-0.2, -0.15) is 4.98 Å². The molecule has 0 aromatic carbocycles. The standard InChI is InChI=1S/C10H13N5O3/c1-6(2)3-7-9(10(16)17)13-14-15(7)4-8-11-5-12-18-8/h5-6H,3-4H2,1-2H3,(H,16,17). The molecule has 2 aromatic heterocycles. The topological polar surface area (TPSA) is 107 Å². The smallest absolute Gasteiger partial charge is 0.358 e. The fraction of sp³-hybridized carbons (Fsp3) is 0.500. The van der Waals surface area contributed by atoms with Crippen LogP contribution in [0.15, 0.2) is 10.9 Å². The van der Waals surface area contributed by atoms with Crippen LogP contribution in [0.2, 0.25) is 0 Å². The first-order chi connectivity index (χ1) is 8.58. The number of rotatable bonds is 5. The molecule has 8 nitrogen and oxygen atoms in total. The molecule has 2 aromatic rings. The number of carboxylic acids is 1. The maximum absolute atomic E-state index is 11.1. The van der Waals surface area contributed by atoms with Crippen LogP contribution in [0.25, 0.3) is 0 Å². The molecule has 0 aliphatic carbocycles. The van der Waals surface area contributed by atoms with Gasteiger partial charge in [-0.25, -0.2) is 9.48 Å². The lowest BCUT2D eigenvalue weighted by Crippen LogP contribution is -2.12. The summed E-state index contributed by atoms with van der Waals surface area (Å²) < 4.78 is 6.35. The molecule has 2 heterocycles. The monoisotopic (exact) mass is 251 g/mol. The number of hydrogen-bond acceptors (Lipinski definition) is 6. The fourth-order valence-electron chi connectivity index (χ4n) is 1.61. The van der Waals surface area contributed by atoms with Crippen LogP contribution in [-0.2, 0) is 13.0 Å². The molecule has 2 rings (SSSR count). The Morgan fingerprint density at radius 3 is 2.89 bits per heavy atom. The summed E-state index contributed by atoms with van der Waals surface area (Å²) in [5, 5.41) is 20.0. The highest BCUT2D eigenvalue weighted by atomic mass is 16.5. The lowest BCUT2D eigenvalue weighted by molar-refractivity contribution is 0.0689. The van der Waals surface area contributed by atoms with Gasteiger partial charge < -0.3 is 9.63 Å². The minimum atomic E-state index is -1.08. The van der Waals surface area contributed by atoms with Gasteiger partial charge in [-0.05, 0) is 12.3 Å². The van der Waals surface area contributed by atoms with E-state index < -0.39 is 5.97 Å². The maximum Gasteiger partial charge on any atom is 0.358 e. The quantitative estimate of drug-likeness (QED) is 0.829. The van der Waals surface area contributed by atoms with E-state index >= 15 is 0 Å². The van der Waals surface area contributed by atoms with Crippen molar-refractivity contribution in [2.75, 3.05) is 0 Å². The number of nitrogens with zero attached hydrogens (tertiary/aromatic N) is 5. The molecule has 0 saturated heterocycles. The molecule has 0 saturated carbocycles. The third-order valence-corrected chi connectivity index (χ3v) is 2.33. The normalized spacial score (nSPS) is 11.1. The molecule has 0 bridgehead atoms. The van der Waals surface area contributed by atoms with Crippen molar-refractivity contribution >= 4 is 5.97 Å². The number of carbonyl (C=O) groups is 1. The predicted octanol–water partition coefficient (Wildman–Crippen LogP) is 0.606. The Balaban J connectivity index is 2.31. The SMILES string of the molecule is CC(C)Cc1c(C(=O)O)nnn1Cc1ncno1. The van der Waals surface area contributed by atoms with E-state index in [2.05, 4.69) is 20.5 Å². The van der Waals surface area contributed by atoms with Crippen LogP contribution in [0.1, 0.15) is 35.9 Å². The van der Waals surface area contributed by atoms with E-state index in [1.54, 1.807) is 0 Å². The largest absolute Gasteiger partial charge is 0.476 e. The summed E-state index contributed by atoms with van der Waals surface area (Å²) in [4.78, 5) is 14.9. The van der Waals surface area contributed by atoms with Crippen LogP contribution in [0.4, 0.5) is 0 Å². The second-order valence-corrected chi connectivity index (χ2v) is 4.28. The van der Waals surface area contributed by atoms with E-state index in [4.69, 9.17) is 9.63 Å². The molecule has 18 heavy (non-hydrogen) atoms. The zero-order valence-corrected chi connectivity index (χ0v) is 10.1. The maximum atomic E-state index is 11.1. The van der Waals surface area contributed by atoms with Gasteiger partial charge in [0.2, 0.25) is 5.89 Å². The minimum absolute atomic E-state index is 0.0248. The van der Waals surface area contributed by atoms with Crippen LogP contribution in [0.3, 0.4) is 0 Å². The van der Waals surface area contributed by atoms with Crippen molar-refractivity contribution in [3.05, 3.63) is 23.6 Å². The van der Waals surface area contributed by atoms with Crippen LogP contribution < -0.4 is 0 Å². The second kappa shape index (κ2) is 4.94. The molecule has 0 aliphatic heterocycles. The molecule has 0 fully saturated rings. The lowest BCUT2D eigenvalue weighted by Gasteiger charge is -2.07. The molecule has 1 N–H and O–H groups in total. The van der Waals surface area contributed by atoms with Gasteiger partial charge in [-0.3, -0.25) is 0 Å². The van der Waals surface area contributed by atoms with Crippen molar-refractivity contribution in [2.45, 2.75) is 26.8 Å². The molecule has 0 aliphatic rings. The molecule has 0 atom stereocenters. The minimum Gasteiger partial charge on any atom is -0.476 e. The third kappa shape index (κ3) is 2.53. The average Bonchev–Trinajstić information content (AvgIpc) is 2.89. The van der Waals surface area contributed by atoms with Crippen molar-refractivity contribution in [1.29, 1.82) is 0 Å². The number of aromatic nitrogens is 5. The van der Waals surface area contributed by atoms with Gasteiger partial charge in [0, 0.05) is 0 Å². The van der Waals surface area contributed by atoms with E-state index in [0.717, 1.165) is 0 Å². The predicted molar refractivity (Wildman–Crippen MR) is 58.9 cm³/mol. The van der Waals surface area contributed by atoms with Crippen LogP contribution in [-0.4, -0.2) is 36.2 Å². The molecule has 0 unspecified atom stereocenters. The van der Waals surface area contributed by atoms with Crippen LogP contribution in [0.5, 0.6) is 0 Å². The van der Waals surface area contributed by atoms with Crippen molar-refractivity contribution in [1.82, 2.24) is 25.1 Å². The number of aromatic carboxylic acids is 1. The zero-order valence-electron chi connectivity index (χ0n) is 10.1. The third-order valence-electron chi connectivity index (χ3n) is 2.33. The van der Waals surface area contributed by atoms with Crippen molar-refractivity contribution in [3.63, 3.8) is 0 Å². The summed E-state index contributed by atoms with van der Waals surface area (Å²) in [6.07, 6.45) is 1.86. The van der Waals surface area contributed by atoms with Crippen molar-refractivity contribution < 1.29 is 14.4 Å². The number of hydrogen-bond donors (Lipinski definition) is 1. The summed E-state index contributed by atoms with van der Waals surface area (Å²) in [5.41, 5.74) is 0.541. The van der Waals surface area contributed by atoms with E-state index in [1.807, 2.05) is 13.8 Å². The van der Waals surface area contributed by atoms with E-state index in [0.29, 0.717) is 23.9 Å². The van der Waals surface area contributed by atoms with Gasteiger partial charge in [0.1, 0.15) is 6.54 Å². The highest BCUT2D eigenvalue weighted by Gasteiger charge is 2.20. The molecule has 8 heteroatoms. The number of carboxylic acid groups (broad SMARTS) is 1.